The number of nitrogens with one attached hydrogen (secondary N) is 3. The Morgan fingerprint density at radius 3 is 2.39 bits per heavy atom. The number of anilines is 1. The molecule has 5 nitrogen and oxygen atoms in total. The van der Waals surface area contributed by atoms with E-state index in [-0.39, 0.29) is 23.3 Å². The highest BCUT2D eigenvalue weighted by Crippen LogP contribution is 2.39. The summed E-state index contributed by atoms with van der Waals surface area (Å²) < 4.78 is 37.3. The molecule has 1 aliphatic carbocycles. The Morgan fingerprint density at radius 2 is 1.87 bits per heavy atom. The molecule has 0 bridgehead atoms. The predicted octanol–water partition coefficient (Wildman–Crippen LogP) is 5.87. The third-order valence-electron chi connectivity index (χ3n) is 4.96. The van der Waals surface area contributed by atoms with E-state index in [1.165, 1.54) is 6.07 Å². The first-order valence-corrected chi connectivity index (χ1v) is 10.2. The van der Waals surface area contributed by atoms with Crippen LogP contribution in [0.1, 0.15) is 55.7 Å². The van der Waals surface area contributed by atoms with Crippen LogP contribution in [0.5, 0.6) is 0 Å². The molecule has 0 radical (unpaired) electrons. The van der Waals surface area contributed by atoms with Crippen molar-refractivity contribution in [2.75, 3.05) is 5.32 Å². The highest BCUT2D eigenvalue weighted by atomic mass is 19.3. The van der Waals surface area contributed by atoms with E-state index in [0.717, 1.165) is 18.2 Å². The number of rotatable bonds is 5. The largest absolute Gasteiger partial charge is 0.329 e. The van der Waals surface area contributed by atoms with Gasteiger partial charge in [0, 0.05) is 23.4 Å². The van der Waals surface area contributed by atoms with Crippen molar-refractivity contribution in [1.29, 1.82) is 5.41 Å². The molecule has 1 fully saturated rings. The molecule has 31 heavy (non-hydrogen) atoms. The van der Waals surface area contributed by atoms with Gasteiger partial charge >= 0.3 is 6.55 Å². The van der Waals surface area contributed by atoms with Crippen LogP contribution in [-0.4, -0.2) is 23.9 Å². The molecule has 0 aromatic heterocycles. The smallest absolute Gasteiger partial charge is 0.312 e. The van der Waals surface area contributed by atoms with Gasteiger partial charge in [0.15, 0.2) is 0 Å². The number of aryl methyl sites for hydroxylation is 1. The molecular formula is C23H30F3N3O2. The van der Waals surface area contributed by atoms with Crippen LogP contribution in [0.2, 0.25) is 0 Å². The number of carbonyl (C=O) groups excluding carboxylic acids is 1. The Bertz CT molecular complexity index is 826. The van der Waals surface area contributed by atoms with Crippen molar-refractivity contribution in [2.24, 2.45) is 5.92 Å². The Hall–Kier alpha value is -2.87. The highest BCUT2D eigenvalue weighted by Gasteiger charge is 2.30. The van der Waals surface area contributed by atoms with Gasteiger partial charge in [-0.15, -0.1) is 0 Å². The summed E-state index contributed by atoms with van der Waals surface area (Å²) in [6, 6.07) is 11.7. The van der Waals surface area contributed by atoms with Gasteiger partial charge in [-0.05, 0) is 55.4 Å². The standard InChI is InChI=1S/C14H17F2N3O2.C7H7F.C2H6/c15-14(16)18-12-6-9(2-4-11(12)7-17)8-1-3-10(5-8)13(20)19-21;1-6-4-2-3-5-7(6)8;1-2/h2,4,6-8,10,14,17-18,21H,1,3,5H2,(H,19,20);2-5H,1H3;1-2H3/t8-,10?;;/m0../s1. The van der Waals surface area contributed by atoms with Crippen LogP contribution >= 0.6 is 0 Å². The summed E-state index contributed by atoms with van der Waals surface area (Å²) in [6.45, 7) is 3.05. The summed E-state index contributed by atoms with van der Waals surface area (Å²) in [6.07, 6.45) is 3.01. The second-order valence-corrected chi connectivity index (χ2v) is 6.87. The Labute approximate surface area is 181 Å². The summed E-state index contributed by atoms with van der Waals surface area (Å²) >= 11 is 0. The number of carbonyl (C=O) groups is 1. The fraction of sp³-hybridized carbons (Fsp3) is 0.391. The number of hydrogen-bond donors (Lipinski definition) is 4. The van der Waals surface area contributed by atoms with Crippen LogP contribution in [0.25, 0.3) is 0 Å². The number of hydrogen-bond acceptors (Lipinski definition) is 4. The van der Waals surface area contributed by atoms with E-state index in [2.05, 4.69) is 0 Å². The molecule has 2 aromatic rings. The maximum absolute atomic E-state index is 12.5. The lowest BCUT2D eigenvalue weighted by molar-refractivity contribution is -0.133. The van der Waals surface area contributed by atoms with E-state index in [4.69, 9.17) is 10.6 Å². The van der Waals surface area contributed by atoms with Gasteiger partial charge in [-0.25, -0.2) is 9.87 Å². The zero-order chi connectivity index (χ0) is 23.4. The lowest BCUT2D eigenvalue weighted by Gasteiger charge is -2.15. The van der Waals surface area contributed by atoms with Gasteiger partial charge in [0.25, 0.3) is 0 Å². The van der Waals surface area contributed by atoms with Gasteiger partial charge in [0.1, 0.15) is 5.82 Å². The summed E-state index contributed by atoms with van der Waals surface area (Å²) in [5, 5.41) is 17.9. The molecule has 1 unspecified atom stereocenters. The van der Waals surface area contributed by atoms with E-state index in [1.807, 2.05) is 25.2 Å². The molecule has 0 saturated heterocycles. The van der Waals surface area contributed by atoms with Crippen molar-refractivity contribution in [3.05, 3.63) is 65.0 Å². The van der Waals surface area contributed by atoms with E-state index in [9.17, 15) is 18.0 Å². The monoisotopic (exact) mass is 437 g/mol. The maximum atomic E-state index is 12.5. The zero-order valence-electron chi connectivity index (χ0n) is 18.0. The fourth-order valence-electron chi connectivity index (χ4n) is 3.36. The molecule has 1 saturated carbocycles. The van der Waals surface area contributed by atoms with Crippen LogP contribution in [0.4, 0.5) is 18.9 Å². The van der Waals surface area contributed by atoms with E-state index in [0.29, 0.717) is 24.0 Å². The van der Waals surface area contributed by atoms with Gasteiger partial charge in [0.2, 0.25) is 5.91 Å². The average Bonchev–Trinajstić information content (AvgIpc) is 3.27. The summed E-state index contributed by atoms with van der Waals surface area (Å²) in [7, 11) is 0. The molecule has 1 aliphatic rings. The number of halogens is 3. The minimum atomic E-state index is -2.70. The van der Waals surface area contributed by atoms with Crippen molar-refractivity contribution in [3.63, 3.8) is 0 Å². The van der Waals surface area contributed by atoms with Crippen molar-refractivity contribution in [3.8, 4) is 0 Å². The Balaban J connectivity index is 0.000000400. The SMILES string of the molecule is CC.Cc1ccccc1F.N=Cc1ccc([C@H]2CCC(C(=O)NO)C2)cc1NC(F)F. The van der Waals surface area contributed by atoms with Gasteiger partial charge in [0.05, 0.1) is 0 Å². The molecule has 2 atom stereocenters. The highest BCUT2D eigenvalue weighted by molar-refractivity contribution is 5.86. The molecule has 3 rings (SSSR count). The average molecular weight is 438 g/mol. The van der Waals surface area contributed by atoms with E-state index in [1.54, 1.807) is 42.7 Å². The molecule has 8 heteroatoms. The number of amides is 1. The lowest BCUT2D eigenvalue weighted by Crippen LogP contribution is -2.26. The van der Waals surface area contributed by atoms with Gasteiger partial charge in [-0.2, -0.15) is 8.78 Å². The summed E-state index contributed by atoms with van der Waals surface area (Å²) in [4.78, 5) is 11.4. The molecule has 0 spiro atoms. The Morgan fingerprint density at radius 1 is 1.19 bits per heavy atom. The van der Waals surface area contributed by atoms with Crippen LogP contribution in [-0.2, 0) is 4.79 Å². The van der Waals surface area contributed by atoms with Crippen molar-refractivity contribution in [1.82, 2.24) is 5.48 Å². The second kappa shape index (κ2) is 13.4. The molecule has 1 amide bonds. The topological polar surface area (TPSA) is 85.2 Å². The first kappa shape index (κ1) is 26.2. The van der Waals surface area contributed by atoms with Crippen molar-refractivity contribution >= 4 is 17.8 Å². The minimum Gasteiger partial charge on any atom is -0.329 e. The first-order valence-electron chi connectivity index (χ1n) is 10.2. The third-order valence-corrected chi connectivity index (χ3v) is 4.96. The number of benzene rings is 2. The van der Waals surface area contributed by atoms with Crippen LogP contribution in [0.3, 0.4) is 0 Å². The Kier molecular flexibility index (Phi) is 11.3. The maximum Gasteiger partial charge on any atom is 0.312 e. The predicted molar refractivity (Wildman–Crippen MR) is 116 cm³/mol. The zero-order valence-corrected chi connectivity index (χ0v) is 18.0. The minimum absolute atomic E-state index is 0.0882. The van der Waals surface area contributed by atoms with Gasteiger partial charge in [-0.3, -0.25) is 10.0 Å². The molecule has 170 valence electrons. The van der Waals surface area contributed by atoms with Gasteiger partial charge in [-0.1, -0.05) is 44.2 Å². The van der Waals surface area contributed by atoms with Crippen LogP contribution in [0, 0.1) is 24.1 Å². The third kappa shape index (κ3) is 8.05. The fourth-order valence-corrected chi connectivity index (χ4v) is 3.36. The van der Waals surface area contributed by atoms with E-state index < -0.39 is 12.5 Å². The molecular weight excluding hydrogens is 407 g/mol. The second-order valence-electron chi connectivity index (χ2n) is 6.87. The molecule has 0 aliphatic heterocycles. The summed E-state index contributed by atoms with van der Waals surface area (Å²) in [5.41, 5.74) is 3.82. The van der Waals surface area contributed by atoms with Crippen molar-refractivity contribution in [2.45, 2.75) is 52.5 Å². The van der Waals surface area contributed by atoms with Gasteiger partial charge < -0.3 is 10.7 Å². The number of hydroxylamine groups is 1. The molecule has 0 heterocycles. The number of alkyl halides is 2. The quantitative estimate of drug-likeness (QED) is 0.204. The van der Waals surface area contributed by atoms with E-state index >= 15 is 0 Å². The molecule has 2 aromatic carbocycles. The normalized spacial score (nSPS) is 17.0. The summed E-state index contributed by atoms with van der Waals surface area (Å²) in [5.74, 6) is -0.703. The molecule has 4 N–H and O–H groups in total. The lowest BCUT2D eigenvalue weighted by atomic mass is 9.94. The van der Waals surface area contributed by atoms with Crippen molar-refractivity contribution < 1.29 is 23.2 Å². The van der Waals surface area contributed by atoms with Crippen LogP contribution in [0.15, 0.2) is 42.5 Å². The first-order chi connectivity index (χ1) is 14.8. The van der Waals surface area contributed by atoms with Crippen LogP contribution < -0.4 is 10.8 Å².